The SMILES string of the molecule is O=S(=O)(Nc1cccc(-c2ccc(N3CCCCC3)nn2)c1)c1cccnc1. The summed E-state index contributed by atoms with van der Waals surface area (Å²) in [5.41, 5.74) is 1.95. The van der Waals surface area contributed by atoms with Crippen molar-refractivity contribution in [3.8, 4) is 11.3 Å². The quantitative estimate of drug-likeness (QED) is 0.713. The molecule has 2 aromatic heterocycles. The van der Waals surface area contributed by atoms with Crippen molar-refractivity contribution >= 4 is 21.5 Å². The van der Waals surface area contributed by atoms with Gasteiger partial charge in [0.05, 0.1) is 5.69 Å². The third kappa shape index (κ3) is 4.12. The summed E-state index contributed by atoms with van der Waals surface area (Å²) in [6, 6.07) is 14.1. The summed E-state index contributed by atoms with van der Waals surface area (Å²) >= 11 is 0. The number of sulfonamides is 1. The molecule has 144 valence electrons. The van der Waals surface area contributed by atoms with E-state index in [4.69, 9.17) is 0 Å². The number of hydrogen-bond donors (Lipinski definition) is 1. The highest BCUT2D eigenvalue weighted by Gasteiger charge is 2.15. The molecule has 3 heterocycles. The predicted molar refractivity (Wildman–Crippen MR) is 109 cm³/mol. The first-order valence-corrected chi connectivity index (χ1v) is 10.7. The number of nitrogens with zero attached hydrogens (tertiary/aromatic N) is 4. The van der Waals surface area contributed by atoms with Gasteiger partial charge in [-0.1, -0.05) is 12.1 Å². The largest absolute Gasteiger partial charge is 0.355 e. The van der Waals surface area contributed by atoms with E-state index in [9.17, 15) is 8.42 Å². The first kappa shape index (κ1) is 18.4. The lowest BCUT2D eigenvalue weighted by atomic mass is 10.1. The Labute approximate surface area is 164 Å². The summed E-state index contributed by atoms with van der Waals surface area (Å²) in [7, 11) is -3.69. The van der Waals surface area contributed by atoms with Gasteiger partial charge in [-0.25, -0.2) is 8.42 Å². The summed E-state index contributed by atoms with van der Waals surface area (Å²) in [5, 5.41) is 8.70. The summed E-state index contributed by atoms with van der Waals surface area (Å²) < 4.78 is 27.6. The molecule has 1 N–H and O–H groups in total. The lowest BCUT2D eigenvalue weighted by molar-refractivity contribution is 0.571. The Balaban J connectivity index is 1.54. The highest BCUT2D eigenvalue weighted by molar-refractivity contribution is 7.92. The lowest BCUT2D eigenvalue weighted by Gasteiger charge is -2.27. The fraction of sp³-hybridized carbons (Fsp3) is 0.250. The topological polar surface area (TPSA) is 88.1 Å². The molecule has 1 saturated heterocycles. The van der Waals surface area contributed by atoms with Crippen LogP contribution in [0.2, 0.25) is 0 Å². The number of aromatic nitrogens is 3. The molecule has 0 atom stereocenters. The van der Waals surface area contributed by atoms with E-state index in [0.29, 0.717) is 11.4 Å². The van der Waals surface area contributed by atoms with E-state index in [1.165, 1.54) is 37.7 Å². The third-order valence-electron chi connectivity index (χ3n) is 4.69. The number of nitrogens with one attached hydrogen (secondary N) is 1. The van der Waals surface area contributed by atoms with Gasteiger partial charge < -0.3 is 4.90 Å². The van der Waals surface area contributed by atoms with Crippen molar-refractivity contribution in [1.82, 2.24) is 15.2 Å². The minimum Gasteiger partial charge on any atom is -0.355 e. The first-order valence-electron chi connectivity index (χ1n) is 9.24. The number of anilines is 2. The van der Waals surface area contributed by atoms with Crippen LogP contribution in [0.4, 0.5) is 11.5 Å². The molecule has 0 aliphatic carbocycles. The van der Waals surface area contributed by atoms with Crippen LogP contribution in [0.3, 0.4) is 0 Å². The number of piperidine rings is 1. The van der Waals surface area contributed by atoms with Crippen LogP contribution in [0.25, 0.3) is 11.3 Å². The molecule has 1 aliphatic rings. The summed E-state index contributed by atoms with van der Waals surface area (Å²) in [5.74, 6) is 0.886. The van der Waals surface area contributed by atoms with Crippen LogP contribution in [-0.4, -0.2) is 36.7 Å². The Bertz CT molecular complexity index is 1030. The highest BCUT2D eigenvalue weighted by Crippen LogP contribution is 2.24. The van der Waals surface area contributed by atoms with Crippen molar-refractivity contribution < 1.29 is 8.42 Å². The van der Waals surface area contributed by atoms with Gasteiger partial charge in [0.15, 0.2) is 5.82 Å². The molecule has 0 unspecified atom stereocenters. The fourth-order valence-electron chi connectivity index (χ4n) is 3.23. The minimum atomic E-state index is -3.69. The molecule has 28 heavy (non-hydrogen) atoms. The molecular weight excluding hydrogens is 374 g/mol. The first-order chi connectivity index (χ1) is 13.6. The van der Waals surface area contributed by atoms with Gasteiger partial charge >= 0.3 is 0 Å². The number of hydrogen-bond acceptors (Lipinski definition) is 6. The van der Waals surface area contributed by atoms with Crippen LogP contribution in [0, 0.1) is 0 Å². The molecule has 0 spiro atoms. The Kier molecular flexibility index (Phi) is 5.21. The maximum absolute atomic E-state index is 12.5. The Morgan fingerprint density at radius 2 is 1.79 bits per heavy atom. The van der Waals surface area contributed by atoms with E-state index in [1.54, 1.807) is 24.3 Å². The molecular formula is C20H21N5O2S. The maximum atomic E-state index is 12.5. The smallest absolute Gasteiger partial charge is 0.263 e. The number of benzene rings is 1. The van der Waals surface area contributed by atoms with Crippen LogP contribution in [0.5, 0.6) is 0 Å². The van der Waals surface area contributed by atoms with Gasteiger partial charge in [-0.3, -0.25) is 9.71 Å². The van der Waals surface area contributed by atoms with Gasteiger partial charge in [0.25, 0.3) is 10.0 Å². The van der Waals surface area contributed by atoms with Crippen LogP contribution in [0.1, 0.15) is 19.3 Å². The molecule has 1 aliphatic heterocycles. The zero-order chi connectivity index (χ0) is 19.4. The molecule has 8 heteroatoms. The van der Waals surface area contributed by atoms with Gasteiger partial charge in [0.1, 0.15) is 4.90 Å². The van der Waals surface area contributed by atoms with E-state index >= 15 is 0 Å². The molecule has 1 aromatic carbocycles. The second-order valence-electron chi connectivity index (χ2n) is 6.70. The molecule has 4 rings (SSSR count). The molecule has 3 aromatic rings. The summed E-state index contributed by atoms with van der Waals surface area (Å²) in [6.45, 7) is 2.03. The standard InChI is InChI=1S/C20H21N5O2S/c26-28(27,18-8-5-11-21-15-18)24-17-7-4-6-16(14-17)19-9-10-20(23-22-19)25-12-2-1-3-13-25/h4-11,14-15,24H,1-3,12-13H2. The van der Waals surface area contributed by atoms with E-state index in [2.05, 4.69) is 24.8 Å². The minimum absolute atomic E-state index is 0.117. The second kappa shape index (κ2) is 7.93. The van der Waals surface area contributed by atoms with Crippen molar-refractivity contribution in [2.45, 2.75) is 24.2 Å². The molecule has 0 bridgehead atoms. The van der Waals surface area contributed by atoms with Crippen LogP contribution in [0.15, 0.2) is 65.8 Å². The molecule has 0 radical (unpaired) electrons. The average molecular weight is 395 g/mol. The number of rotatable bonds is 5. The number of pyridine rings is 1. The van der Waals surface area contributed by atoms with E-state index < -0.39 is 10.0 Å². The Morgan fingerprint density at radius 3 is 2.50 bits per heavy atom. The van der Waals surface area contributed by atoms with Gasteiger partial charge in [-0.15, -0.1) is 10.2 Å². The fourth-order valence-corrected chi connectivity index (χ4v) is 4.25. The van der Waals surface area contributed by atoms with Gasteiger partial charge in [0, 0.05) is 36.7 Å². The van der Waals surface area contributed by atoms with E-state index in [-0.39, 0.29) is 4.90 Å². The maximum Gasteiger partial charge on any atom is 0.263 e. The normalized spacial score (nSPS) is 14.6. The molecule has 7 nitrogen and oxygen atoms in total. The second-order valence-corrected chi connectivity index (χ2v) is 8.38. The Hall–Kier alpha value is -3.00. The highest BCUT2D eigenvalue weighted by atomic mass is 32.2. The zero-order valence-electron chi connectivity index (χ0n) is 15.3. The summed E-state index contributed by atoms with van der Waals surface area (Å²) in [4.78, 5) is 6.23. The lowest BCUT2D eigenvalue weighted by Crippen LogP contribution is -2.30. The average Bonchev–Trinajstić information content (AvgIpc) is 2.75. The molecule has 1 fully saturated rings. The molecule has 0 amide bonds. The van der Waals surface area contributed by atoms with Crippen LogP contribution in [-0.2, 0) is 10.0 Å². The van der Waals surface area contributed by atoms with Gasteiger partial charge in [-0.2, -0.15) is 0 Å². The summed E-state index contributed by atoms with van der Waals surface area (Å²) in [6.07, 6.45) is 6.48. The Morgan fingerprint density at radius 1 is 0.929 bits per heavy atom. The van der Waals surface area contributed by atoms with Crippen molar-refractivity contribution in [1.29, 1.82) is 0 Å². The van der Waals surface area contributed by atoms with Crippen molar-refractivity contribution in [2.75, 3.05) is 22.7 Å². The van der Waals surface area contributed by atoms with E-state index in [0.717, 1.165) is 24.5 Å². The van der Waals surface area contributed by atoms with Crippen molar-refractivity contribution in [3.63, 3.8) is 0 Å². The van der Waals surface area contributed by atoms with Crippen molar-refractivity contribution in [3.05, 3.63) is 60.9 Å². The van der Waals surface area contributed by atoms with Crippen molar-refractivity contribution in [2.24, 2.45) is 0 Å². The molecule has 0 saturated carbocycles. The van der Waals surface area contributed by atoms with E-state index in [1.807, 2.05) is 18.2 Å². The third-order valence-corrected chi connectivity index (χ3v) is 6.05. The monoisotopic (exact) mass is 395 g/mol. The predicted octanol–water partition coefficient (Wildman–Crippen LogP) is 3.33. The zero-order valence-corrected chi connectivity index (χ0v) is 16.1. The van der Waals surface area contributed by atoms with Crippen LogP contribution >= 0.6 is 0 Å². The van der Waals surface area contributed by atoms with Gasteiger partial charge in [-0.05, 0) is 55.7 Å². The van der Waals surface area contributed by atoms with Gasteiger partial charge in [0.2, 0.25) is 0 Å². The van der Waals surface area contributed by atoms with Crippen LogP contribution < -0.4 is 9.62 Å².